The van der Waals surface area contributed by atoms with Crippen molar-refractivity contribution in [3.05, 3.63) is 65.7 Å². The van der Waals surface area contributed by atoms with Gasteiger partial charge in [-0.05, 0) is 81.0 Å². The van der Waals surface area contributed by atoms with Gasteiger partial charge >= 0.3 is 0 Å². The molecule has 2 aromatic carbocycles. The first-order chi connectivity index (χ1) is 20.1. The molecule has 1 N–H and O–H groups in total. The second-order valence-corrected chi connectivity index (χ2v) is 11.0. The van der Waals surface area contributed by atoms with E-state index in [1.807, 2.05) is 30.3 Å². The molecule has 8 nitrogen and oxygen atoms in total. The Morgan fingerprint density at radius 3 is 2.44 bits per heavy atom. The second kappa shape index (κ2) is 14.0. The highest BCUT2D eigenvalue weighted by Gasteiger charge is 2.40. The minimum absolute atomic E-state index is 0.0598. The lowest BCUT2D eigenvalue weighted by Crippen LogP contribution is -2.45. The van der Waals surface area contributed by atoms with E-state index in [0.29, 0.717) is 18.0 Å². The van der Waals surface area contributed by atoms with Gasteiger partial charge < -0.3 is 24.3 Å². The smallest absolute Gasteiger partial charge is 0.246 e. The number of hydrogen-bond acceptors (Lipinski definition) is 7. The lowest BCUT2D eigenvalue weighted by Gasteiger charge is -2.37. The number of nitrogens with zero attached hydrogens (tertiary/aromatic N) is 2. The van der Waals surface area contributed by atoms with Gasteiger partial charge in [0.15, 0.2) is 11.5 Å². The molecule has 4 unspecified atom stereocenters. The molecule has 0 bridgehead atoms. The summed E-state index contributed by atoms with van der Waals surface area (Å²) in [6, 6.07) is 14.1. The average molecular weight is 562 g/mol. The third kappa shape index (κ3) is 6.93. The van der Waals surface area contributed by atoms with Gasteiger partial charge in [-0.25, -0.2) is 5.01 Å². The van der Waals surface area contributed by atoms with E-state index in [0.717, 1.165) is 75.1 Å². The van der Waals surface area contributed by atoms with E-state index in [4.69, 9.17) is 24.0 Å². The van der Waals surface area contributed by atoms with Crippen LogP contribution in [0.25, 0.3) is 0 Å². The quantitative estimate of drug-likeness (QED) is 0.256. The van der Waals surface area contributed by atoms with Crippen molar-refractivity contribution in [1.29, 1.82) is 0 Å². The fraction of sp³-hybridized carbons (Fsp3) is 0.515. The maximum absolute atomic E-state index is 13.3. The zero-order chi connectivity index (χ0) is 28.6. The number of rotatable bonds is 13. The van der Waals surface area contributed by atoms with Crippen LogP contribution in [0.1, 0.15) is 62.2 Å². The van der Waals surface area contributed by atoms with Gasteiger partial charge in [-0.3, -0.25) is 4.79 Å². The van der Waals surface area contributed by atoms with E-state index < -0.39 is 0 Å². The number of ether oxygens (including phenoxy) is 4. The zero-order valence-corrected chi connectivity index (χ0v) is 24.5. The van der Waals surface area contributed by atoms with E-state index >= 15 is 0 Å². The van der Waals surface area contributed by atoms with E-state index in [1.165, 1.54) is 5.56 Å². The van der Waals surface area contributed by atoms with Gasteiger partial charge in [0.2, 0.25) is 5.91 Å². The van der Waals surface area contributed by atoms with Crippen molar-refractivity contribution in [2.45, 2.75) is 57.2 Å². The molecule has 2 aromatic rings. The Balaban J connectivity index is 1.08. The number of hydrogen-bond donors (Lipinski definition) is 1. The SMILES string of the molecule is COc1ccc(C2CCC(CNCCCCCN3N=C(c4ccc(OC)c(OC)c4)C4CC=CCC4C3=O)O2)cc1. The molecule has 0 saturated carbocycles. The van der Waals surface area contributed by atoms with Gasteiger partial charge in [-0.2, -0.15) is 5.10 Å². The fourth-order valence-electron chi connectivity index (χ4n) is 6.13. The van der Waals surface area contributed by atoms with E-state index in [1.54, 1.807) is 26.3 Å². The molecular formula is C33H43N3O5. The van der Waals surface area contributed by atoms with Crippen LogP contribution >= 0.6 is 0 Å². The lowest BCUT2D eigenvalue weighted by molar-refractivity contribution is -0.137. The number of amides is 1. The van der Waals surface area contributed by atoms with Gasteiger partial charge in [0.1, 0.15) is 5.75 Å². The Bertz CT molecular complexity index is 1230. The first-order valence-electron chi connectivity index (χ1n) is 14.9. The van der Waals surface area contributed by atoms with Crippen molar-refractivity contribution >= 4 is 11.6 Å². The highest BCUT2D eigenvalue weighted by molar-refractivity contribution is 6.07. The molecule has 220 valence electrons. The molecule has 0 radical (unpaired) electrons. The monoisotopic (exact) mass is 561 g/mol. The van der Waals surface area contributed by atoms with Crippen molar-refractivity contribution in [1.82, 2.24) is 10.3 Å². The third-order valence-electron chi connectivity index (χ3n) is 8.45. The van der Waals surface area contributed by atoms with Crippen LogP contribution in [-0.2, 0) is 9.53 Å². The lowest BCUT2D eigenvalue weighted by atomic mass is 9.76. The first-order valence-corrected chi connectivity index (χ1v) is 14.9. The number of allylic oxidation sites excluding steroid dienone is 2. The van der Waals surface area contributed by atoms with Crippen LogP contribution in [-0.4, -0.2) is 63.7 Å². The van der Waals surface area contributed by atoms with Gasteiger partial charge in [0.05, 0.1) is 45.2 Å². The predicted octanol–water partition coefficient (Wildman–Crippen LogP) is 5.52. The summed E-state index contributed by atoms with van der Waals surface area (Å²) in [5.41, 5.74) is 3.16. The number of benzene rings is 2. The van der Waals surface area contributed by atoms with Crippen LogP contribution in [0.3, 0.4) is 0 Å². The Morgan fingerprint density at radius 2 is 1.68 bits per heavy atom. The summed E-state index contributed by atoms with van der Waals surface area (Å²) in [7, 11) is 4.96. The Hall–Kier alpha value is -3.36. The summed E-state index contributed by atoms with van der Waals surface area (Å²) in [5.74, 6) is 2.40. The van der Waals surface area contributed by atoms with Crippen molar-refractivity contribution in [3.63, 3.8) is 0 Å². The summed E-state index contributed by atoms with van der Waals surface area (Å²) >= 11 is 0. The van der Waals surface area contributed by atoms with Crippen molar-refractivity contribution in [2.24, 2.45) is 16.9 Å². The standard InChI is InChI=1S/C33H43N3O5/c1-38-25-14-11-23(12-15-25)29-18-16-26(41-29)22-34-19-7-4-8-20-36-33(37)28-10-6-5-9-27(28)32(35-36)24-13-17-30(39-2)31(21-24)40-3/h5-6,11-15,17,21,26-29,34H,4,7-10,16,18-20,22H2,1-3H3. The molecule has 0 aromatic heterocycles. The molecule has 4 atom stereocenters. The number of hydrazone groups is 1. The zero-order valence-electron chi connectivity index (χ0n) is 24.5. The van der Waals surface area contributed by atoms with Crippen molar-refractivity contribution < 1.29 is 23.7 Å². The summed E-state index contributed by atoms with van der Waals surface area (Å²) in [6.07, 6.45) is 11.4. The predicted molar refractivity (Wildman–Crippen MR) is 160 cm³/mol. The molecule has 41 heavy (non-hydrogen) atoms. The second-order valence-electron chi connectivity index (χ2n) is 11.0. The van der Waals surface area contributed by atoms with Crippen LogP contribution in [0.4, 0.5) is 0 Å². The molecule has 1 saturated heterocycles. The molecule has 1 aliphatic carbocycles. The largest absolute Gasteiger partial charge is 0.497 e. The molecule has 3 aliphatic rings. The molecule has 2 aliphatic heterocycles. The molecule has 0 spiro atoms. The minimum Gasteiger partial charge on any atom is -0.497 e. The number of unbranched alkanes of at least 4 members (excludes halogenated alkanes) is 2. The number of nitrogens with one attached hydrogen (secondary N) is 1. The molecule has 2 heterocycles. The summed E-state index contributed by atoms with van der Waals surface area (Å²) in [4.78, 5) is 13.3. The van der Waals surface area contributed by atoms with Crippen molar-refractivity contribution in [2.75, 3.05) is 41.0 Å². The summed E-state index contributed by atoms with van der Waals surface area (Å²) in [5, 5.41) is 10.2. The maximum Gasteiger partial charge on any atom is 0.246 e. The topological polar surface area (TPSA) is 81.6 Å². The van der Waals surface area contributed by atoms with Gasteiger partial charge in [0, 0.05) is 24.6 Å². The van der Waals surface area contributed by atoms with Gasteiger partial charge in [0.25, 0.3) is 0 Å². The van der Waals surface area contributed by atoms with Gasteiger partial charge in [-0.1, -0.05) is 30.7 Å². The molecular weight excluding hydrogens is 518 g/mol. The van der Waals surface area contributed by atoms with Crippen LogP contribution in [0, 0.1) is 11.8 Å². The van der Waals surface area contributed by atoms with Crippen LogP contribution in [0.5, 0.6) is 17.2 Å². The third-order valence-corrected chi connectivity index (χ3v) is 8.45. The normalized spacial score (nSPS) is 23.7. The average Bonchev–Trinajstić information content (AvgIpc) is 3.50. The number of fused-ring (bicyclic) bond motifs is 1. The van der Waals surface area contributed by atoms with Crippen LogP contribution in [0.2, 0.25) is 0 Å². The Morgan fingerprint density at radius 1 is 0.902 bits per heavy atom. The first kappa shape index (κ1) is 29.1. The Kier molecular flexibility index (Phi) is 9.96. The summed E-state index contributed by atoms with van der Waals surface area (Å²) in [6.45, 7) is 2.45. The van der Waals surface area contributed by atoms with Crippen LogP contribution in [0.15, 0.2) is 59.7 Å². The van der Waals surface area contributed by atoms with Crippen LogP contribution < -0.4 is 19.5 Å². The molecule has 5 rings (SSSR count). The highest BCUT2D eigenvalue weighted by Crippen LogP contribution is 2.37. The van der Waals surface area contributed by atoms with Gasteiger partial charge in [-0.15, -0.1) is 0 Å². The number of methoxy groups -OCH3 is 3. The number of carbonyl (C=O) groups is 1. The van der Waals surface area contributed by atoms with E-state index in [2.05, 4.69) is 29.6 Å². The van der Waals surface area contributed by atoms with E-state index in [9.17, 15) is 4.79 Å². The fourth-order valence-corrected chi connectivity index (χ4v) is 6.13. The highest BCUT2D eigenvalue weighted by atomic mass is 16.5. The maximum atomic E-state index is 13.3. The minimum atomic E-state index is -0.0598. The molecule has 8 heteroatoms. The number of carbonyl (C=O) groups excluding carboxylic acids is 1. The molecule has 1 fully saturated rings. The van der Waals surface area contributed by atoms with E-state index in [-0.39, 0.29) is 30.0 Å². The molecule has 1 amide bonds. The Labute approximate surface area is 243 Å². The van der Waals surface area contributed by atoms with Crippen molar-refractivity contribution in [3.8, 4) is 17.2 Å². The summed E-state index contributed by atoms with van der Waals surface area (Å²) < 4.78 is 22.5.